The Morgan fingerprint density at radius 2 is 0.831 bits per heavy atom. The Kier molecular flexibility index (Phi) is 17.9. The Bertz CT molecular complexity index is 3950. The monoisotopic (exact) mass is 1130 g/mol. The molecule has 0 radical (unpaired) electrons. The minimum Gasteiger partial charge on any atom is -0.657 e. The largest absolute Gasteiger partial charge is 0.657 e. The number of halogens is 3. The molecule has 4 nitrogen and oxygen atoms in total. The van der Waals surface area contributed by atoms with Crippen molar-refractivity contribution < 1.29 is 28.7 Å². The van der Waals surface area contributed by atoms with Crippen molar-refractivity contribution in [1.29, 1.82) is 0 Å². The van der Waals surface area contributed by atoms with Crippen molar-refractivity contribution in [2.45, 2.75) is 46.8 Å². The third kappa shape index (κ3) is 13.4. The van der Waals surface area contributed by atoms with E-state index in [4.69, 9.17) is 9.98 Å². The molecule has 1 aliphatic heterocycles. The fourth-order valence-electron chi connectivity index (χ4n) is 10.6. The smallest absolute Gasteiger partial charge is 0.416 e. The van der Waals surface area contributed by atoms with Crippen LogP contribution in [-0.4, -0.2) is 16.7 Å². The molecule has 0 unspecified atom stereocenters. The predicted molar refractivity (Wildman–Crippen MR) is 333 cm³/mol. The van der Waals surface area contributed by atoms with Crippen LogP contribution < -0.4 is 4.98 Å². The molecule has 8 heteroatoms. The van der Waals surface area contributed by atoms with Crippen LogP contribution in [-0.2, 0) is 21.7 Å². The zero-order chi connectivity index (χ0) is 57.9. The van der Waals surface area contributed by atoms with Crippen molar-refractivity contribution in [1.82, 2.24) is 9.97 Å². The number of benzene rings is 9. The van der Waals surface area contributed by atoms with Gasteiger partial charge < -0.3 is 4.98 Å². The van der Waals surface area contributed by atoms with Crippen LogP contribution in [0.5, 0.6) is 0 Å². The van der Waals surface area contributed by atoms with Gasteiger partial charge in [0.05, 0.1) is 17.0 Å². The molecular weight excluding hydrogens is 1070 g/mol. The number of rotatable bonds is 11. The first-order valence-corrected chi connectivity index (χ1v) is 28.0. The molecule has 411 valence electrons. The van der Waals surface area contributed by atoms with Gasteiger partial charge in [-0.05, 0) is 164 Å². The molecule has 83 heavy (non-hydrogen) atoms. The first-order valence-electron chi connectivity index (χ1n) is 27.5. The third-order valence-corrected chi connectivity index (χ3v) is 14.8. The van der Waals surface area contributed by atoms with Crippen molar-refractivity contribution in [2.24, 2.45) is 8.99 Å². The second-order valence-electron chi connectivity index (χ2n) is 20.6. The second kappa shape index (κ2) is 26.1. The number of pyridine rings is 1. The fourth-order valence-corrected chi connectivity index (χ4v) is 10.6. The van der Waals surface area contributed by atoms with E-state index < -0.39 is 11.7 Å². The van der Waals surface area contributed by atoms with Gasteiger partial charge in [-0.1, -0.05) is 212 Å². The molecule has 0 saturated heterocycles. The molecule has 0 amide bonds. The van der Waals surface area contributed by atoms with Crippen molar-refractivity contribution in [2.75, 3.05) is 0 Å². The van der Waals surface area contributed by atoms with Crippen LogP contribution in [0.3, 0.4) is 0 Å². The van der Waals surface area contributed by atoms with Crippen molar-refractivity contribution in [3.8, 4) is 78.0 Å². The van der Waals surface area contributed by atoms with E-state index in [0.717, 1.165) is 125 Å². The zero-order valence-corrected chi connectivity index (χ0v) is 47.8. The SMILES string of the molecule is CC(C)[N]=[Co].Cc1cc(C)c(/C(=C2\C=CC(c3c(-c4ccccc4)cc(-c4ccccc4)cc3-c3ccccc3)=N2)c2ccc(-c3c(-c4ccccc4)cc(-c4ccccc4)cc3-c3ccccc3)[n-]2)c(C)c1.FC(F)(F)c1ccncc1. The number of aliphatic imine (C=N–C) groups is 1. The average molecular weight is 1130 g/mol. The first kappa shape index (κ1) is 56.9. The van der Waals surface area contributed by atoms with E-state index >= 15 is 0 Å². The number of aromatic nitrogens is 2. The summed E-state index contributed by atoms with van der Waals surface area (Å²) in [5.41, 5.74) is 24.7. The molecule has 0 aliphatic carbocycles. The molecular formula is C75H60CoF3N4-. The molecule has 12 rings (SSSR count). The summed E-state index contributed by atoms with van der Waals surface area (Å²) >= 11 is 3.68. The number of nitrogens with zero attached hydrogens (tertiary/aromatic N) is 4. The van der Waals surface area contributed by atoms with E-state index in [1.54, 1.807) is 0 Å². The van der Waals surface area contributed by atoms with Gasteiger partial charge in [0.25, 0.3) is 0 Å². The number of hydrogen-bond donors (Lipinski definition) is 0. The van der Waals surface area contributed by atoms with Crippen LogP contribution in [0.15, 0.2) is 282 Å². The summed E-state index contributed by atoms with van der Waals surface area (Å²) in [6.07, 6.45) is 2.39. The van der Waals surface area contributed by atoms with Crippen molar-refractivity contribution in [3.63, 3.8) is 0 Å². The van der Waals surface area contributed by atoms with E-state index in [1.807, 2.05) is 13.8 Å². The predicted octanol–water partition coefficient (Wildman–Crippen LogP) is 20.3. The molecule has 0 atom stereocenters. The topological polar surface area (TPSA) is 51.7 Å². The Morgan fingerprint density at radius 3 is 1.19 bits per heavy atom. The van der Waals surface area contributed by atoms with E-state index in [0.29, 0.717) is 6.04 Å². The molecule has 1 aliphatic rings. The van der Waals surface area contributed by atoms with Gasteiger partial charge in [-0.25, -0.2) is 4.99 Å². The Labute approximate surface area is 493 Å². The van der Waals surface area contributed by atoms with Gasteiger partial charge in [-0.15, -0.1) is 11.4 Å². The number of hydrogen-bond acceptors (Lipinski definition) is 3. The summed E-state index contributed by atoms with van der Waals surface area (Å²) in [5, 5.41) is 0. The summed E-state index contributed by atoms with van der Waals surface area (Å²) in [6.45, 7) is 10.6. The van der Waals surface area contributed by atoms with E-state index in [9.17, 15) is 13.2 Å². The van der Waals surface area contributed by atoms with E-state index in [2.05, 4.69) is 288 Å². The number of aryl methyl sites for hydroxylation is 3. The summed E-state index contributed by atoms with van der Waals surface area (Å²) in [7, 11) is 0. The molecule has 3 heterocycles. The maximum atomic E-state index is 11.8. The van der Waals surface area contributed by atoms with E-state index in [1.165, 1.54) is 27.8 Å². The minimum atomic E-state index is -4.25. The Balaban J connectivity index is 0.000000451. The molecule has 0 fully saturated rings. The molecule has 0 N–H and O–H groups in total. The van der Waals surface area contributed by atoms with Crippen LogP contribution in [0.25, 0.3) is 83.6 Å². The standard InChI is InChI=1S/C66H49N2.C6H4F3N.C3H7N.Co/c1-44-38-45(2)63(46(3)39-44)66(61-36-34-59(67-61)64-55(49-26-14-6-15-27-49)40-53(47-22-10-4-11-23-47)41-56(64)50-28-16-7-17-29-50)62-37-35-60(68-62)65-57(51-30-18-8-19-31-51)42-54(48-24-12-5-13-25-48)43-58(65)52-32-20-9-21-33-52;7-6(8,9)5-1-3-10-4-2-5;1-3(2)4;/h4-43H,1-3H3;1-4H;3H,1-2H3;/q-1;;;/b66-61+;;;. The average Bonchev–Trinajstić information content (AvgIpc) is 3.85. The summed E-state index contributed by atoms with van der Waals surface area (Å²) < 4.78 is 38.9. The van der Waals surface area contributed by atoms with Crippen molar-refractivity contribution in [3.05, 3.63) is 312 Å². The van der Waals surface area contributed by atoms with Gasteiger partial charge in [0.2, 0.25) is 0 Å². The van der Waals surface area contributed by atoms with Crippen LogP contribution in [0.1, 0.15) is 52.9 Å². The Hall–Kier alpha value is -9.34. The zero-order valence-electron chi connectivity index (χ0n) is 46.7. The molecule has 0 bridgehead atoms. The van der Waals surface area contributed by atoms with Crippen LogP contribution in [0.4, 0.5) is 13.2 Å². The van der Waals surface area contributed by atoms with Gasteiger partial charge in [0, 0.05) is 18.0 Å². The van der Waals surface area contributed by atoms with Gasteiger partial charge in [0.1, 0.15) is 0 Å². The molecule has 11 aromatic rings. The fraction of sp³-hybridized carbons (Fsp3) is 0.0933. The number of alkyl halides is 3. The van der Waals surface area contributed by atoms with E-state index in [-0.39, 0.29) is 0 Å². The Morgan fingerprint density at radius 1 is 0.458 bits per heavy atom. The number of allylic oxidation sites excluding steroid dienone is 2. The summed E-state index contributed by atoms with van der Waals surface area (Å²) in [5.74, 6) is 0. The normalized spacial score (nSPS) is 12.4. The van der Waals surface area contributed by atoms with Gasteiger partial charge in [-0.3, -0.25) is 4.98 Å². The van der Waals surface area contributed by atoms with Crippen molar-refractivity contribution >= 4 is 11.3 Å². The molecule has 0 spiro atoms. The quantitative estimate of drug-likeness (QED) is 0.130. The third-order valence-electron chi connectivity index (χ3n) is 14.2. The molecule has 9 aromatic carbocycles. The maximum Gasteiger partial charge on any atom is 0.416 e. The second-order valence-corrected chi connectivity index (χ2v) is 20.9. The van der Waals surface area contributed by atoms with Crippen LogP contribution in [0, 0.1) is 20.8 Å². The van der Waals surface area contributed by atoms with Gasteiger partial charge in [0.15, 0.2) is 0 Å². The summed E-state index contributed by atoms with van der Waals surface area (Å²) in [6, 6.07) is 84.8. The van der Waals surface area contributed by atoms with Crippen LogP contribution >= 0.6 is 0 Å². The van der Waals surface area contributed by atoms with Gasteiger partial charge in [-0.2, -0.15) is 13.2 Å². The maximum absolute atomic E-state index is 11.8. The molecule has 2 aromatic heterocycles. The van der Waals surface area contributed by atoms with Crippen LogP contribution in [0.2, 0.25) is 0 Å². The van der Waals surface area contributed by atoms with Gasteiger partial charge >= 0.3 is 45.6 Å². The molecule has 0 saturated carbocycles. The summed E-state index contributed by atoms with van der Waals surface area (Å²) in [4.78, 5) is 14.8. The first-order chi connectivity index (χ1) is 40.3. The minimum absolute atomic E-state index is 0.370.